The summed E-state index contributed by atoms with van der Waals surface area (Å²) < 4.78 is 1.48. The van der Waals surface area contributed by atoms with Crippen molar-refractivity contribution in [3.8, 4) is 5.69 Å². The molecule has 1 aliphatic carbocycles. The van der Waals surface area contributed by atoms with Gasteiger partial charge in [-0.2, -0.15) is 0 Å². The molecular formula is C22H17ClN2O3. The van der Waals surface area contributed by atoms with Crippen LogP contribution in [0.5, 0.6) is 0 Å². The van der Waals surface area contributed by atoms with Crippen molar-refractivity contribution in [3.63, 3.8) is 0 Å². The van der Waals surface area contributed by atoms with Gasteiger partial charge in [-0.15, -0.1) is 0 Å². The predicted molar refractivity (Wildman–Crippen MR) is 109 cm³/mol. The van der Waals surface area contributed by atoms with Crippen molar-refractivity contribution >= 4 is 29.0 Å². The molecule has 1 N–H and O–H groups in total. The van der Waals surface area contributed by atoms with Crippen LogP contribution < -0.4 is 10.9 Å². The van der Waals surface area contributed by atoms with Crippen molar-refractivity contribution in [3.05, 3.63) is 92.9 Å². The van der Waals surface area contributed by atoms with Gasteiger partial charge in [0, 0.05) is 23.4 Å². The Morgan fingerprint density at radius 1 is 0.964 bits per heavy atom. The van der Waals surface area contributed by atoms with Crippen molar-refractivity contribution in [2.45, 2.75) is 19.3 Å². The summed E-state index contributed by atoms with van der Waals surface area (Å²) in [6.07, 6.45) is 1.70. The van der Waals surface area contributed by atoms with E-state index in [9.17, 15) is 14.4 Å². The summed E-state index contributed by atoms with van der Waals surface area (Å²) in [6, 6.07) is 17.3. The highest BCUT2D eigenvalue weighted by molar-refractivity contribution is 6.33. The van der Waals surface area contributed by atoms with Crippen LogP contribution in [0.1, 0.15) is 39.3 Å². The number of Topliss-reactive ketones (excluding diaryl/α,β-unsaturated/α-hetero) is 1. The first kappa shape index (κ1) is 18.2. The molecule has 0 fully saturated rings. The number of amides is 1. The Balaban J connectivity index is 1.88. The van der Waals surface area contributed by atoms with Crippen LogP contribution in [0.25, 0.3) is 5.69 Å². The normalized spacial score (nSPS) is 13.1. The zero-order valence-corrected chi connectivity index (χ0v) is 15.7. The van der Waals surface area contributed by atoms with Crippen molar-refractivity contribution in [1.29, 1.82) is 0 Å². The van der Waals surface area contributed by atoms with Crippen molar-refractivity contribution in [2.24, 2.45) is 0 Å². The van der Waals surface area contributed by atoms with Crippen LogP contribution in [0.15, 0.2) is 65.5 Å². The summed E-state index contributed by atoms with van der Waals surface area (Å²) in [5.74, 6) is -0.651. The number of nitrogens with one attached hydrogen (secondary N) is 1. The van der Waals surface area contributed by atoms with Crippen LogP contribution in [-0.4, -0.2) is 16.3 Å². The maximum Gasteiger partial charge on any atom is 0.268 e. The molecule has 3 aromatic rings. The second-order valence-corrected chi connectivity index (χ2v) is 7.01. The highest BCUT2D eigenvalue weighted by Crippen LogP contribution is 2.25. The lowest BCUT2D eigenvalue weighted by molar-refractivity contribution is 0.0971. The lowest BCUT2D eigenvalue weighted by Gasteiger charge is -2.21. The topological polar surface area (TPSA) is 68.2 Å². The van der Waals surface area contributed by atoms with Crippen LogP contribution in [0.2, 0.25) is 5.02 Å². The molecule has 6 heteroatoms. The Labute approximate surface area is 166 Å². The van der Waals surface area contributed by atoms with Gasteiger partial charge in [-0.3, -0.25) is 19.0 Å². The molecule has 1 amide bonds. The number of rotatable bonds is 3. The van der Waals surface area contributed by atoms with Gasteiger partial charge in [-0.05, 0) is 43.2 Å². The second kappa shape index (κ2) is 7.44. The fraction of sp³-hybridized carbons (Fsp3) is 0.136. The third kappa shape index (κ3) is 3.25. The summed E-state index contributed by atoms with van der Waals surface area (Å²) in [7, 11) is 0. The molecule has 4 rings (SSSR count). The Morgan fingerprint density at radius 2 is 1.68 bits per heavy atom. The van der Waals surface area contributed by atoms with E-state index < -0.39 is 11.5 Å². The molecule has 2 aromatic carbocycles. The number of hydrogen-bond acceptors (Lipinski definition) is 3. The van der Waals surface area contributed by atoms with E-state index in [2.05, 4.69) is 5.32 Å². The molecule has 0 saturated carbocycles. The molecule has 140 valence electrons. The number of hydrogen-bond donors (Lipinski definition) is 1. The first-order valence-corrected chi connectivity index (χ1v) is 9.37. The number of carbonyl (C=O) groups excluding carboxylic acids is 2. The predicted octanol–water partition coefficient (Wildman–Crippen LogP) is 4.26. The van der Waals surface area contributed by atoms with E-state index in [-0.39, 0.29) is 11.3 Å². The first-order valence-electron chi connectivity index (χ1n) is 8.99. The Hall–Kier alpha value is -3.18. The summed E-state index contributed by atoms with van der Waals surface area (Å²) in [5, 5.41) is 3.04. The van der Waals surface area contributed by atoms with Gasteiger partial charge in [-0.25, -0.2) is 0 Å². The Bertz CT molecular complexity index is 1140. The zero-order valence-electron chi connectivity index (χ0n) is 14.9. The van der Waals surface area contributed by atoms with E-state index in [0.717, 1.165) is 0 Å². The van der Waals surface area contributed by atoms with Crippen molar-refractivity contribution in [2.75, 3.05) is 5.32 Å². The van der Waals surface area contributed by atoms with Gasteiger partial charge in [0.05, 0.1) is 10.7 Å². The van der Waals surface area contributed by atoms with Crippen LogP contribution in [0, 0.1) is 0 Å². The molecule has 0 radical (unpaired) electrons. The molecule has 1 heterocycles. The van der Waals surface area contributed by atoms with E-state index >= 15 is 0 Å². The second-order valence-electron chi connectivity index (χ2n) is 6.61. The lowest BCUT2D eigenvalue weighted by Crippen LogP contribution is -2.33. The van der Waals surface area contributed by atoms with Crippen LogP contribution in [0.4, 0.5) is 5.69 Å². The number of pyridine rings is 1. The van der Waals surface area contributed by atoms with E-state index in [1.54, 1.807) is 36.4 Å². The highest BCUT2D eigenvalue weighted by Gasteiger charge is 2.26. The van der Waals surface area contributed by atoms with Crippen LogP contribution in [-0.2, 0) is 6.42 Å². The molecule has 0 atom stereocenters. The zero-order chi connectivity index (χ0) is 19.7. The average Bonchev–Trinajstić information content (AvgIpc) is 2.70. The number of carbonyl (C=O) groups is 2. The van der Waals surface area contributed by atoms with Gasteiger partial charge in [-0.1, -0.05) is 41.9 Å². The molecular weight excluding hydrogens is 376 g/mol. The Kier molecular flexibility index (Phi) is 4.84. The van der Waals surface area contributed by atoms with E-state index in [4.69, 9.17) is 11.6 Å². The summed E-state index contributed by atoms with van der Waals surface area (Å²) in [5.41, 5.74) is 1.58. The fourth-order valence-corrected chi connectivity index (χ4v) is 3.64. The minimum Gasteiger partial charge on any atom is -0.320 e. The largest absolute Gasteiger partial charge is 0.320 e. The number of ketones is 1. The van der Waals surface area contributed by atoms with E-state index in [0.29, 0.717) is 46.9 Å². The third-order valence-electron chi connectivity index (χ3n) is 4.80. The minimum atomic E-state index is -0.594. The molecule has 5 nitrogen and oxygen atoms in total. The van der Waals surface area contributed by atoms with Gasteiger partial charge >= 0.3 is 0 Å². The quantitative estimate of drug-likeness (QED) is 0.724. The summed E-state index contributed by atoms with van der Waals surface area (Å²) >= 11 is 6.11. The van der Waals surface area contributed by atoms with Crippen LogP contribution in [0.3, 0.4) is 0 Å². The number of aromatic nitrogens is 1. The summed E-state index contributed by atoms with van der Waals surface area (Å²) in [6.45, 7) is 0. The smallest absolute Gasteiger partial charge is 0.268 e. The third-order valence-corrected chi connectivity index (χ3v) is 5.13. The number of halogens is 1. The maximum atomic E-state index is 13.2. The van der Waals surface area contributed by atoms with Gasteiger partial charge in [0.1, 0.15) is 5.56 Å². The van der Waals surface area contributed by atoms with E-state index in [1.807, 2.05) is 18.2 Å². The number of benzene rings is 2. The number of para-hydroxylation sites is 2. The minimum absolute atomic E-state index is 0.0577. The molecule has 0 unspecified atom stereocenters. The van der Waals surface area contributed by atoms with Gasteiger partial charge in [0.15, 0.2) is 5.78 Å². The van der Waals surface area contributed by atoms with Crippen molar-refractivity contribution < 1.29 is 9.59 Å². The summed E-state index contributed by atoms with van der Waals surface area (Å²) in [4.78, 5) is 38.6. The first-order chi connectivity index (χ1) is 13.6. The molecule has 0 aliphatic heterocycles. The standard InChI is InChI=1S/C22H17ClN2O3/c23-17-9-4-5-10-18(17)24-21(27)16-13-15-19(11-6-12-20(15)26)25(22(16)28)14-7-2-1-3-8-14/h1-5,7-10,13H,6,11-12H2,(H,24,27). The highest BCUT2D eigenvalue weighted by atomic mass is 35.5. The monoisotopic (exact) mass is 392 g/mol. The van der Waals surface area contributed by atoms with E-state index in [1.165, 1.54) is 10.6 Å². The lowest BCUT2D eigenvalue weighted by atomic mass is 9.92. The number of anilines is 1. The maximum absolute atomic E-state index is 13.2. The fourth-order valence-electron chi connectivity index (χ4n) is 3.46. The molecule has 1 aliphatic rings. The van der Waals surface area contributed by atoms with Gasteiger partial charge in [0.25, 0.3) is 11.5 Å². The number of fused-ring (bicyclic) bond motifs is 1. The average molecular weight is 393 g/mol. The molecule has 1 aromatic heterocycles. The molecule has 0 saturated heterocycles. The molecule has 0 bridgehead atoms. The molecule has 28 heavy (non-hydrogen) atoms. The molecule has 0 spiro atoms. The Morgan fingerprint density at radius 3 is 2.43 bits per heavy atom. The SMILES string of the molecule is O=C1CCCc2c1cc(C(=O)Nc1ccccc1Cl)c(=O)n2-c1ccccc1. The van der Waals surface area contributed by atoms with Gasteiger partial charge in [0.2, 0.25) is 0 Å². The van der Waals surface area contributed by atoms with Gasteiger partial charge < -0.3 is 5.32 Å². The van der Waals surface area contributed by atoms with Crippen molar-refractivity contribution in [1.82, 2.24) is 4.57 Å². The number of nitrogens with zero attached hydrogens (tertiary/aromatic N) is 1. The van der Waals surface area contributed by atoms with Crippen LogP contribution >= 0.6 is 11.6 Å².